The summed E-state index contributed by atoms with van der Waals surface area (Å²) in [6.45, 7) is 5.84. The second-order valence-electron chi connectivity index (χ2n) is 9.85. The number of unbranched alkanes of at least 4 members (excludes halogenated alkanes) is 1. The van der Waals surface area contributed by atoms with Crippen LogP contribution in [0, 0.1) is 5.92 Å². The van der Waals surface area contributed by atoms with Gasteiger partial charge in [-0.2, -0.15) is 0 Å². The number of amides is 2. The zero-order valence-electron chi connectivity index (χ0n) is 19.4. The largest absolute Gasteiger partial charge is 0.356 e. The number of nitrogens with zero attached hydrogens (tertiary/aromatic N) is 2. The molecule has 0 bridgehead atoms. The summed E-state index contributed by atoms with van der Waals surface area (Å²) in [4.78, 5) is 30.2. The number of rotatable bonds is 8. The molecule has 2 saturated heterocycles. The summed E-state index contributed by atoms with van der Waals surface area (Å²) in [5.41, 5.74) is 0. The topological polar surface area (TPSA) is 86.8 Å². The molecule has 31 heavy (non-hydrogen) atoms. The molecule has 178 valence electrons. The molecular weight excluding hydrogens is 414 g/mol. The molecule has 0 aromatic heterocycles. The molecule has 0 spiro atoms. The zero-order chi connectivity index (χ0) is 22.4. The number of hydrogen-bond acceptors (Lipinski definition) is 5. The lowest BCUT2D eigenvalue weighted by molar-refractivity contribution is -0.140. The van der Waals surface area contributed by atoms with Gasteiger partial charge >= 0.3 is 0 Å². The summed E-state index contributed by atoms with van der Waals surface area (Å²) in [7, 11) is -3.05. The quantitative estimate of drug-likeness (QED) is 0.568. The molecule has 3 atom stereocenters. The standard InChI is InChI=1S/C23H41N3O4S/c1-3-4-13-24-23(28)19-11-10-18(2)25(15-19)16-22(27)26(20-8-6-5-7-9-20)21-12-14-31(29,30)17-21/h18-21H,3-17H2,1-2H3,(H,24,28). The highest BCUT2D eigenvalue weighted by molar-refractivity contribution is 7.91. The van der Waals surface area contributed by atoms with Gasteiger partial charge in [-0.05, 0) is 45.4 Å². The third kappa shape index (κ3) is 6.67. The van der Waals surface area contributed by atoms with Crippen LogP contribution in [0.1, 0.15) is 78.1 Å². The molecule has 0 radical (unpaired) electrons. The van der Waals surface area contributed by atoms with Crippen molar-refractivity contribution in [3.05, 3.63) is 0 Å². The maximum atomic E-state index is 13.5. The number of hydrogen-bond donors (Lipinski definition) is 1. The second kappa shape index (κ2) is 11.1. The van der Waals surface area contributed by atoms with Crippen molar-refractivity contribution in [2.45, 2.75) is 96.2 Å². The Morgan fingerprint density at radius 2 is 1.77 bits per heavy atom. The average Bonchev–Trinajstić information content (AvgIpc) is 3.09. The minimum Gasteiger partial charge on any atom is -0.356 e. The molecule has 0 aromatic carbocycles. The van der Waals surface area contributed by atoms with Gasteiger partial charge in [0.1, 0.15) is 0 Å². The van der Waals surface area contributed by atoms with Crippen molar-refractivity contribution in [2.75, 3.05) is 31.1 Å². The van der Waals surface area contributed by atoms with Crippen molar-refractivity contribution in [1.82, 2.24) is 15.1 Å². The summed E-state index contributed by atoms with van der Waals surface area (Å²) in [6, 6.07) is 0.228. The SMILES string of the molecule is CCCCNC(=O)C1CCC(C)N(CC(=O)N(C2CCCCC2)C2CCS(=O)(=O)C2)C1. The fourth-order valence-corrected chi connectivity index (χ4v) is 7.17. The monoisotopic (exact) mass is 455 g/mol. The number of carbonyl (C=O) groups is 2. The molecule has 3 fully saturated rings. The third-order valence-electron chi connectivity index (χ3n) is 7.41. The molecular formula is C23H41N3O4S. The molecule has 3 rings (SSSR count). The van der Waals surface area contributed by atoms with E-state index >= 15 is 0 Å². The predicted octanol–water partition coefficient (Wildman–Crippen LogP) is 2.35. The van der Waals surface area contributed by atoms with Crippen LogP contribution in [-0.2, 0) is 19.4 Å². The van der Waals surface area contributed by atoms with Crippen molar-refractivity contribution < 1.29 is 18.0 Å². The Morgan fingerprint density at radius 3 is 2.42 bits per heavy atom. The Kier molecular flexibility index (Phi) is 8.79. The highest BCUT2D eigenvalue weighted by Crippen LogP contribution is 2.29. The van der Waals surface area contributed by atoms with E-state index in [1.165, 1.54) is 6.42 Å². The highest BCUT2D eigenvalue weighted by atomic mass is 32.2. The van der Waals surface area contributed by atoms with Gasteiger partial charge in [0, 0.05) is 31.2 Å². The van der Waals surface area contributed by atoms with Crippen molar-refractivity contribution in [1.29, 1.82) is 0 Å². The van der Waals surface area contributed by atoms with Crippen LogP contribution in [0.3, 0.4) is 0 Å². The number of nitrogens with one attached hydrogen (secondary N) is 1. The van der Waals surface area contributed by atoms with Crippen molar-refractivity contribution in [3.63, 3.8) is 0 Å². The van der Waals surface area contributed by atoms with E-state index in [0.717, 1.165) is 51.4 Å². The highest BCUT2D eigenvalue weighted by Gasteiger charge is 2.40. The molecule has 2 aliphatic heterocycles. The predicted molar refractivity (Wildman–Crippen MR) is 122 cm³/mol. The number of likely N-dealkylation sites (tertiary alicyclic amines) is 1. The Morgan fingerprint density at radius 1 is 1.03 bits per heavy atom. The number of carbonyl (C=O) groups excluding carboxylic acids is 2. The summed E-state index contributed by atoms with van der Waals surface area (Å²) < 4.78 is 24.3. The number of piperidine rings is 1. The van der Waals surface area contributed by atoms with E-state index in [0.29, 0.717) is 19.5 Å². The Labute approximate surface area is 188 Å². The Bertz CT molecular complexity index is 720. The fourth-order valence-electron chi connectivity index (χ4n) is 5.46. The van der Waals surface area contributed by atoms with E-state index in [-0.39, 0.29) is 53.9 Å². The first kappa shape index (κ1) is 24.5. The van der Waals surface area contributed by atoms with Crippen molar-refractivity contribution in [3.8, 4) is 0 Å². The lowest BCUT2D eigenvalue weighted by Crippen LogP contribution is -2.55. The molecule has 2 heterocycles. The molecule has 3 aliphatic rings. The van der Waals surface area contributed by atoms with Gasteiger partial charge in [-0.3, -0.25) is 14.5 Å². The van der Waals surface area contributed by atoms with Crippen LogP contribution < -0.4 is 5.32 Å². The van der Waals surface area contributed by atoms with Gasteiger partial charge in [0.25, 0.3) is 0 Å². The van der Waals surface area contributed by atoms with E-state index in [1.807, 2.05) is 4.90 Å². The first-order valence-electron chi connectivity index (χ1n) is 12.3. The summed E-state index contributed by atoms with van der Waals surface area (Å²) in [6.07, 6.45) is 9.70. The zero-order valence-corrected chi connectivity index (χ0v) is 20.2. The molecule has 1 N–H and O–H groups in total. The minimum atomic E-state index is -3.05. The molecule has 3 unspecified atom stereocenters. The first-order valence-corrected chi connectivity index (χ1v) is 14.2. The normalized spacial score (nSPS) is 29.5. The summed E-state index contributed by atoms with van der Waals surface area (Å²) in [5.74, 6) is 0.370. The smallest absolute Gasteiger partial charge is 0.237 e. The lowest BCUT2D eigenvalue weighted by atomic mass is 9.91. The molecule has 1 saturated carbocycles. The minimum absolute atomic E-state index is 0.0490. The van der Waals surface area contributed by atoms with Crippen LogP contribution in [0.5, 0.6) is 0 Å². The van der Waals surface area contributed by atoms with Crippen molar-refractivity contribution >= 4 is 21.7 Å². The van der Waals surface area contributed by atoms with Gasteiger partial charge in [0.15, 0.2) is 9.84 Å². The maximum Gasteiger partial charge on any atom is 0.237 e. The van der Waals surface area contributed by atoms with Crippen LogP contribution >= 0.6 is 0 Å². The van der Waals surface area contributed by atoms with E-state index in [2.05, 4.69) is 24.1 Å². The van der Waals surface area contributed by atoms with Gasteiger partial charge < -0.3 is 10.2 Å². The third-order valence-corrected chi connectivity index (χ3v) is 9.16. The van der Waals surface area contributed by atoms with Crippen LogP contribution in [0.25, 0.3) is 0 Å². The molecule has 2 amide bonds. The second-order valence-corrected chi connectivity index (χ2v) is 12.1. The van der Waals surface area contributed by atoms with Crippen LogP contribution in [-0.4, -0.2) is 79.3 Å². The van der Waals surface area contributed by atoms with E-state index < -0.39 is 9.84 Å². The van der Waals surface area contributed by atoms with Gasteiger partial charge in [0.05, 0.1) is 24.0 Å². The van der Waals surface area contributed by atoms with E-state index in [9.17, 15) is 18.0 Å². The lowest BCUT2D eigenvalue weighted by Gasteiger charge is -2.42. The van der Waals surface area contributed by atoms with Gasteiger partial charge in [0.2, 0.25) is 11.8 Å². The maximum absolute atomic E-state index is 13.5. The van der Waals surface area contributed by atoms with Gasteiger partial charge in [-0.15, -0.1) is 0 Å². The van der Waals surface area contributed by atoms with Crippen LogP contribution in [0.2, 0.25) is 0 Å². The molecule has 8 heteroatoms. The average molecular weight is 456 g/mol. The summed E-state index contributed by atoms with van der Waals surface area (Å²) >= 11 is 0. The van der Waals surface area contributed by atoms with Gasteiger partial charge in [-0.1, -0.05) is 32.6 Å². The van der Waals surface area contributed by atoms with Crippen LogP contribution in [0.15, 0.2) is 0 Å². The van der Waals surface area contributed by atoms with Gasteiger partial charge in [-0.25, -0.2) is 8.42 Å². The molecule has 1 aliphatic carbocycles. The molecule has 0 aromatic rings. The first-order chi connectivity index (χ1) is 14.8. The molecule has 7 nitrogen and oxygen atoms in total. The van der Waals surface area contributed by atoms with Crippen molar-refractivity contribution in [2.24, 2.45) is 5.92 Å². The summed E-state index contributed by atoms with van der Waals surface area (Å²) in [5, 5.41) is 3.04. The number of sulfone groups is 1. The Balaban J connectivity index is 1.65. The van der Waals surface area contributed by atoms with E-state index in [1.54, 1.807) is 0 Å². The van der Waals surface area contributed by atoms with E-state index in [4.69, 9.17) is 0 Å². The fraction of sp³-hybridized carbons (Fsp3) is 0.913. The van der Waals surface area contributed by atoms with Crippen LogP contribution in [0.4, 0.5) is 0 Å². The Hall–Kier alpha value is -1.15.